The number of Topliss-reactive ketones (excluding diaryl/α,β-unsaturated/α-hetero) is 6. The van der Waals surface area contributed by atoms with Crippen molar-refractivity contribution in [1.29, 1.82) is 0 Å². The van der Waals surface area contributed by atoms with Crippen molar-refractivity contribution >= 4 is 34.7 Å². The number of halogens is 1. The summed E-state index contributed by atoms with van der Waals surface area (Å²) in [7, 11) is 9.34. The molecule has 8 aromatic carbocycles. The van der Waals surface area contributed by atoms with Crippen molar-refractivity contribution in [1.82, 2.24) is 0 Å². The number of hydrogen-bond donors (Lipinski definition) is 7. The van der Waals surface area contributed by atoms with Gasteiger partial charge < -0.3 is 64.2 Å². The number of phenols is 7. The van der Waals surface area contributed by atoms with Gasteiger partial charge in [-0.2, -0.15) is 0 Å². The molecule has 0 aliphatic carbocycles. The van der Waals surface area contributed by atoms with Gasteiger partial charge in [-0.25, -0.2) is 4.39 Å². The zero-order valence-corrected chi connectivity index (χ0v) is 73.7. The third-order valence-corrected chi connectivity index (χ3v) is 20.6. The average Bonchev–Trinajstić information content (AvgIpc) is 0.775. The first-order valence-corrected chi connectivity index (χ1v) is 38.6. The predicted octanol–water partition coefficient (Wildman–Crippen LogP) is 21.0. The second-order valence-electron chi connectivity index (χ2n) is 32.5. The van der Waals surface area contributed by atoms with Gasteiger partial charge in [-0.3, -0.25) is 28.8 Å². The second kappa shape index (κ2) is 44.4. The van der Waals surface area contributed by atoms with E-state index < -0.39 is 5.82 Å². The smallest absolute Gasteiger partial charge is 0.163 e. The van der Waals surface area contributed by atoms with Gasteiger partial charge in [0, 0.05) is 86.9 Å². The minimum absolute atomic E-state index is 0.0166. The summed E-state index contributed by atoms with van der Waals surface area (Å²) in [6, 6.07) is 31.3. The monoisotopic (exact) mass is 1600 g/mol. The van der Waals surface area contributed by atoms with E-state index in [9.17, 15) is 68.9 Å². The van der Waals surface area contributed by atoms with E-state index in [0.717, 1.165) is 92.6 Å². The van der Waals surface area contributed by atoms with E-state index in [0.29, 0.717) is 94.6 Å². The minimum atomic E-state index is -0.556. The lowest BCUT2D eigenvalue weighted by atomic mass is 9.71. The molecule has 19 nitrogen and oxygen atoms in total. The van der Waals surface area contributed by atoms with E-state index in [1.54, 1.807) is 59.8 Å². The Kier molecular flexibility index (Phi) is 38.4. The summed E-state index contributed by atoms with van der Waals surface area (Å²) in [6.07, 6.45) is 2.81. The third-order valence-electron chi connectivity index (χ3n) is 20.6. The zero-order valence-electron chi connectivity index (χ0n) is 73.7. The molecule has 0 radical (unpaired) electrons. The van der Waals surface area contributed by atoms with Crippen LogP contribution in [0.2, 0.25) is 0 Å². The first kappa shape index (κ1) is 100. The van der Waals surface area contributed by atoms with Crippen molar-refractivity contribution in [3.8, 4) is 40.2 Å². The van der Waals surface area contributed by atoms with Crippen molar-refractivity contribution in [2.75, 3.05) is 42.7 Å². The topological polar surface area (TPSA) is 299 Å². The number of aromatic hydroxyl groups is 7. The summed E-state index contributed by atoms with van der Waals surface area (Å²) in [5.41, 5.74) is 16.1. The molecule has 116 heavy (non-hydrogen) atoms. The zero-order chi connectivity index (χ0) is 88.6. The number of aryl methyl sites for hydroxylation is 4. The average molecular weight is 1600 g/mol. The molecule has 7 N–H and O–H groups in total. The summed E-state index contributed by atoms with van der Waals surface area (Å²) >= 11 is 0. The van der Waals surface area contributed by atoms with Crippen molar-refractivity contribution in [2.24, 2.45) is 5.41 Å². The van der Waals surface area contributed by atoms with E-state index in [1.165, 1.54) is 48.7 Å². The van der Waals surface area contributed by atoms with Gasteiger partial charge in [0.25, 0.3) is 0 Å². The largest absolute Gasteiger partial charge is 0.507 e. The molecule has 0 spiro atoms. The quantitative estimate of drug-likeness (QED) is 0.0235. The molecule has 0 aliphatic rings. The van der Waals surface area contributed by atoms with Crippen LogP contribution in [0.4, 0.5) is 4.39 Å². The van der Waals surface area contributed by atoms with E-state index in [2.05, 4.69) is 100 Å². The Morgan fingerprint density at radius 1 is 0.362 bits per heavy atom. The van der Waals surface area contributed by atoms with Crippen LogP contribution in [-0.2, 0) is 90.7 Å². The molecule has 0 bridgehead atoms. The maximum Gasteiger partial charge on any atom is 0.163 e. The predicted molar refractivity (Wildman–Crippen MR) is 456 cm³/mol. The lowest BCUT2D eigenvalue weighted by Crippen LogP contribution is -2.25. The standard InChI is InChI=1S/C30H36O4.C18H28O3.C14H20O3.2C12H16O3.C10H11FO3/c1-18-13-24(15-21(17-34-8)27(18)32)29(4,5)22-9-11-23(12-10-22)30(6,7)25-14-19(2)28(33)26(16-25)20(3)31;1-12(19)15-9-14(8-13(10-21-7)16(15)20)18(5,6)11-17(2,3)4;1-5-9(2)11-6-12(8-17-4)14(16)13(7-11)10(3)15;1-7-5-10(9(3)13)12(14)11(6-15-4)8(7)2;1-4-9-5-10(7-15-3)12(14)11(6-9)8(2)13;1-6(12)9-4-8(11)3-7(5-14-2)10(9)13/h9-16,32-33H,17H2,1-8H3;8-9,20H,10-11H2,1-7H3;6-7,9,16H,5,8H2,1-4H3;5,14H,6H2,1-4H3;5-6,14H,4,7H2,1-3H3;3-4,13H,5H2,1-2H3. The first-order valence-electron chi connectivity index (χ1n) is 38.6. The van der Waals surface area contributed by atoms with Gasteiger partial charge in [0.15, 0.2) is 34.7 Å². The Morgan fingerprint density at radius 2 is 0.690 bits per heavy atom. The van der Waals surface area contributed by atoms with Crippen LogP contribution in [0, 0.1) is 38.9 Å². The first-order chi connectivity index (χ1) is 53.9. The molecule has 1 unspecified atom stereocenters. The highest BCUT2D eigenvalue weighted by atomic mass is 19.1. The van der Waals surface area contributed by atoms with Crippen molar-refractivity contribution in [2.45, 2.75) is 233 Å². The number of carbonyl (C=O) groups excluding carboxylic acids is 6. The van der Waals surface area contributed by atoms with Crippen LogP contribution in [0.15, 0.2) is 103 Å². The number of rotatable bonds is 27. The Labute approximate surface area is 687 Å². The van der Waals surface area contributed by atoms with Crippen LogP contribution in [0.5, 0.6) is 40.2 Å². The molecular weight excluding hydrogens is 1480 g/mol. The number of hydrogen-bond acceptors (Lipinski definition) is 19. The molecule has 0 heterocycles. The van der Waals surface area contributed by atoms with Gasteiger partial charge in [0.2, 0.25) is 0 Å². The number of ketones is 6. The Hall–Kier alpha value is -9.93. The van der Waals surface area contributed by atoms with Gasteiger partial charge in [-0.15, -0.1) is 0 Å². The van der Waals surface area contributed by atoms with Crippen LogP contribution in [0.3, 0.4) is 0 Å². The fraction of sp³-hybridized carbons (Fsp3) is 0.438. The minimum Gasteiger partial charge on any atom is -0.507 e. The summed E-state index contributed by atoms with van der Waals surface area (Å²) in [4.78, 5) is 68.9. The summed E-state index contributed by atoms with van der Waals surface area (Å²) in [6.45, 7) is 43.6. The van der Waals surface area contributed by atoms with Crippen LogP contribution >= 0.6 is 0 Å². The summed E-state index contributed by atoms with van der Waals surface area (Å²) < 4.78 is 43.2. The van der Waals surface area contributed by atoms with E-state index in [4.69, 9.17) is 28.4 Å². The molecule has 8 aromatic rings. The molecular formula is C96H127FO19. The third kappa shape index (κ3) is 27.1. The number of methoxy groups -OCH3 is 6. The van der Waals surface area contributed by atoms with E-state index in [-0.39, 0.29) is 114 Å². The van der Waals surface area contributed by atoms with Crippen molar-refractivity contribution in [3.63, 3.8) is 0 Å². The summed E-state index contributed by atoms with van der Waals surface area (Å²) in [5.74, 6) is -0.901. The van der Waals surface area contributed by atoms with Gasteiger partial charge >= 0.3 is 0 Å². The lowest BCUT2D eigenvalue weighted by Gasteiger charge is -2.33. The van der Waals surface area contributed by atoms with Crippen LogP contribution in [-0.4, -0.2) is 113 Å². The molecule has 0 saturated heterocycles. The number of phenolic OH excluding ortho intramolecular Hbond substituents is 7. The Bertz CT molecular complexity index is 4740. The molecule has 0 aliphatic heterocycles. The van der Waals surface area contributed by atoms with Crippen LogP contribution in [0.25, 0.3) is 0 Å². The molecule has 0 saturated carbocycles. The fourth-order valence-electron chi connectivity index (χ4n) is 13.6. The Balaban J connectivity index is 0.000000373. The SMILES string of the molecule is CCC(C)c1cc(COC)c(O)c(C(C)=O)c1.CCc1cc(COC)c(O)c(C(C)=O)c1.COCc1c(C)c(C)cc(C(C)=O)c1O.COCc1cc(C(C)(C)CC(C)(C)C)cc(C(C)=O)c1O.COCc1cc(C(C)(C)c2ccc(C(C)(C)c3cc(C)c(O)c(C(C)=O)c3)cc2)cc(C)c1O.COCc1cc(F)cc(C(C)=O)c1O. The van der Waals surface area contributed by atoms with Crippen molar-refractivity contribution in [3.05, 3.63) is 237 Å². The molecule has 0 fully saturated rings. The van der Waals surface area contributed by atoms with Gasteiger partial charge in [0.05, 0.1) is 73.0 Å². The molecule has 632 valence electrons. The highest BCUT2D eigenvalue weighted by molar-refractivity contribution is 6.00. The molecule has 20 heteroatoms. The summed E-state index contributed by atoms with van der Waals surface area (Å²) in [5, 5.41) is 70.1. The fourth-order valence-corrected chi connectivity index (χ4v) is 13.6. The highest BCUT2D eigenvalue weighted by Crippen LogP contribution is 2.43. The van der Waals surface area contributed by atoms with E-state index >= 15 is 0 Å². The maximum absolute atomic E-state index is 13.0. The maximum atomic E-state index is 13.0. The molecule has 0 amide bonds. The molecule has 1 atom stereocenters. The second-order valence-corrected chi connectivity index (χ2v) is 32.5. The van der Waals surface area contributed by atoms with Gasteiger partial charge in [0.1, 0.15) is 46.1 Å². The number of benzene rings is 8. The van der Waals surface area contributed by atoms with Gasteiger partial charge in [-0.1, -0.05) is 119 Å². The van der Waals surface area contributed by atoms with Crippen LogP contribution in [0.1, 0.15) is 300 Å². The van der Waals surface area contributed by atoms with Crippen LogP contribution < -0.4 is 0 Å². The number of carbonyl (C=O) groups is 6. The number of ether oxygens (including phenoxy) is 6. The normalized spacial score (nSPS) is 11.6. The molecule has 0 aromatic heterocycles. The molecule has 8 rings (SSSR count). The van der Waals surface area contributed by atoms with E-state index in [1.807, 2.05) is 77.1 Å². The van der Waals surface area contributed by atoms with Gasteiger partial charge in [-0.05, 0) is 233 Å². The Morgan fingerprint density at radius 3 is 1.09 bits per heavy atom. The van der Waals surface area contributed by atoms with Crippen molar-refractivity contribution < 1.29 is 97.3 Å². The highest BCUT2D eigenvalue weighted by Gasteiger charge is 2.32. The lowest BCUT2D eigenvalue weighted by molar-refractivity contribution is 0.100.